The Morgan fingerprint density at radius 1 is 1.27 bits per heavy atom. The summed E-state index contributed by atoms with van der Waals surface area (Å²) in [6.45, 7) is 4.43. The molecule has 0 saturated carbocycles. The van der Waals surface area contributed by atoms with Crippen LogP contribution in [0.15, 0.2) is 48.7 Å². The van der Waals surface area contributed by atoms with Gasteiger partial charge in [-0.05, 0) is 32.0 Å². The largest absolute Gasteiger partial charge is 0.481 e. The standard InChI is InChI=1S/C17H21N3O2/c1-4-20(15-8-6-5-7-9-15)17(21)13(2)19-14-10-11-16(22-3)18-12-14/h5-13,19H,4H2,1-3H3/t13-/m1/s1. The lowest BCUT2D eigenvalue weighted by Gasteiger charge is -2.25. The Morgan fingerprint density at radius 2 is 2.00 bits per heavy atom. The van der Waals surface area contributed by atoms with E-state index in [0.29, 0.717) is 12.4 Å². The van der Waals surface area contributed by atoms with Crippen LogP contribution < -0.4 is 15.0 Å². The summed E-state index contributed by atoms with van der Waals surface area (Å²) in [5, 5.41) is 3.17. The van der Waals surface area contributed by atoms with Gasteiger partial charge in [-0.25, -0.2) is 4.98 Å². The number of anilines is 2. The molecule has 22 heavy (non-hydrogen) atoms. The molecule has 0 bridgehead atoms. The topological polar surface area (TPSA) is 54.5 Å². The number of ether oxygens (including phenoxy) is 1. The molecule has 116 valence electrons. The van der Waals surface area contributed by atoms with Crippen LogP contribution >= 0.6 is 0 Å². The van der Waals surface area contributed by atoms with Gasteiger partial charge in [0.05, 0.1) is 19.0 Å². The molecule has 0 aliphatic heterocycles. The summed E-state index contributed by atoms with van der Waals surface area (Å²) in [6.07, 6.45) is 1.65. The van der Waals surface area contributed by atoms with E-state index < -0.39 is 0 Å². The molecule has 1 heterocycles. The maximum absolute atomic E-state index is 12.6. The highest BCUT2D eigenvalue weighted by molar-refractivity contribution is 5.98. The molecule has 0 aliphatic rings. The molecule has 0 unspecified atom stereocenters. The molecule has 2 rings (SSSR count). The average Bonchev–Trinajstić information content (AvgIpc) is 2.57. The summed E-state index contributed by atoms with van der Waals surface area (Å²) in [7, 11) is 1.57. The molecular formula is C17H21N3O2. The monoisotopic (exact) mass is 299 g/mol. The van der Waals surface area contributed by atoms with Gasteiger partial charge in [0.1, 0.15) is 6.04 Å². The summed E-state index contributed by atoms with van der Waals surface area (Å²) < 4.78 is 5.02. The van der Waals surface area contributed by atoms with Crippen molar-refractivity contribution in [1.82, 2.24) is 4.98 Å². The Labute approximate surface area is 130 Å². The van der Waals surface area contributed by atoms with Crippen LogP contribution in [0.25, 0.3) is 0 Å². The zero-order chi connectivity index (χ0) is 15.9. The molecule has 0 spiro atoms. The number of para-hydroxylation sites is 1. The summed E-state index contributed by atoms with van der Waals surface area (Å²) in [5.41, 5.74) is 1.68. The first-order valence-corrected chi connectivity index (χ1v) is 7.28. The van der Waals surface area contributed by atoms with E-state index in [1.54, 1.807) is 24.3 Å². The highest BCUT2D eigenvalue weighted by Gasteiger charge is 2.20. The molecule has 2 aromatic rings. The number of amides is 1. The quantitative estimate of drug-likeness (QED) is 0.891. The first-order chi connectivity index (χ1) is 10.7. The zero-order valence-electron chi connectivity index (χ0n) is 13.1. The highest BCUT2D eigenvalue weighted by atomic mass is 16.5. The number of aromatic nitrogens is 1. The number of nitrogens with zero attached hydrogens (tertiary/aromatic N) is 2. The van der Waals surface area contributed by atoms with E-state index in [-0.39, 0.29) is 11.9 Å². The first kappa shape index (κ1) is 15.8. The van der Waals surface area contributed by atoms with E-state index in [0.717, 1.165) is 11.4 Å². The first-order valence-electron chi connectivity index (χ1n) is 7.28. The van der Waals surface area contributed by atoms with Crippen LogP contribution in [0.2, 0.25) is 0 Å². The molecule has 1 aromatic carbocycles. The molecule has 5 heteroatoms. The Morgan fingerprint density at radius 3 is 2.55 bits per heavy atom. The summed E-state index contributed by atoms with van der Waals surface area (Å²) >= 11 is 0. The van der Waals surface area contributed by atoms with Crippen molar-refractivity contribution in [2.45, 2.75) is 19.9 Å². The van der Waals surface area contributed by atoms with Gasteiger partial charge in [0.2, 0.25) is 11.8 Å². The number of methoxy groups -OCH3 is 1. The van der Waals surface area contributed by atoms with Gasteiger partial charge in [0, 0.05) is 18.3 Å². The fourth-order valence-electron chi connectivity index (χ4n) is 2.21. The van der Waals surface area contributed by atoms with Crippen LogP contribution in [-0.2, 0) is 4.79 Å². The normalized spacial score (nSPS) is 11.6. The van der Waals surface area contributed by atoms with Gasteiger partial charge in [0.15, 0.2) is 0 Å². The van der Waals surface area contributed by atoms with Crippen LogP contribution in [0.5, 0.6) is 5.88 Å². The predicted octanol–water partition coefficient (Wildman–Crippen LogP) is 2.94. The van der Waals surface area contributed by atoms with Gasteiger partial charge in [0.25, 0.3) is 0 Å². The van der Waals surface area contributed by atoms with Crippen LogP contribution in [-0.4, -0.2) is 30.6 Å². The van der Waals surface area contributed by atoms with Gasteiger partial charge < -0.3 is 15.0 Å². The second-order valence-electron chi connectivity index (χ2n) is 4.87. The summed E-state index contributed by atoms with van der Waals surface area (Å²) in [5.74, 6) is 0.563. The van der Waals surface area contributed by atoms with E-state index in [9.17, 15) is 4.79 Å². The predicted molar refractivity (Wildman–Crippen MR) is 88.3 cm³/mol. The molecule has 0 aliphatic carbocycles. The van der Waals surface area contributed by atoms with E-state index in [1.165, 1.54) is 0 Å². The molecule has 0 fully saturated rings. The smallest absolute Gasteiger partial charge is 0.249 e. The summed E-state index contributed by atoms with van der Waals surface area (Å²) in [4.78, 5) is 18.5. The number of benzene rings is 1. The van der Waals surface area contributed by atoms with Crippen molar-refractivity contribution >= 4 is 17.3 Å². The molecule has 5 nitrogen and oxygen atoms in total. The minimum absolute atomic E-state index is 0.0181. The second kappa shape index (κ2) is 7.45. The van der Waals surface area contributed by atoms with Gasteiger partial charge in [-0.2, -0.15) is 0 Å². The Hall–Kier alpha value is -2.56. The third kappa shape index (κ3) is 3.75. The number of hydrogen-bond donors (Lipinski definition) is 1. The molecular weight excluding hydrogens is 278 g/mol. The van der Waals surface area contributed by atoms with Crippen molar-refractivity contribution in [3.8, 4) is 5.88 Å². The number of likely N-dealkylation sites (N-methyl/N-ethyl adjacent to an activating group) is 1. The zero-order valence-corrected chi connectivity index (χ0v) is 13.1. The lowest BCUT2D eigenvalue weighted by atomic mass is 10.2. The number of rotatable bonds is 6. The van der Waals surface area contributed by atoms with E-state index in [1.807, 2.05) is 50.2 Å². The minimum Gasteiger partial charge on any atom is -0.481 e. The lowest BCUT2D eigenvalue weighted by molar-refractivity contribution is -0.119. The molecule has 0 saturated heterocycles. The van der Waals surface area contributed by atoms with Crippen molar-refractivity contribution in [1.29, 1.82) is 0 Å². The van der Waals surface area contributed by atoms with Crippen LogP contribution in [0.1, 0.15) is 13.8 Å². The van der Waals surface area contributed by atoms with Crippen molar-refractivity contribution in [2.75, 3.05) is 23.9 Å². The van der Waals surface area contributed by atoms with Gasteiger partial charge in [-0.1, -0.05) is 18.2 Å². The SMILES string of the molecule is CCN(C(=O)[C@@H](C)Nc1ccc(OC)nc1)c1ccccc1. The lowest BCUT2D eigenvalue weighted by Crippen LogP contribution is -2.41. The van der Waals surface area contributed by atoms with Crippen molar-refractivity contribution in [3.05, 3.63) is 48.7 Å². The molecule has 1 N–H and O–H groups in total. The van der Waals surface area contributed by atoms with Gasteiger partial charge in [-0.3, -0.25) is 4.79 Å². The van der Waals surface area contributed by atoms with E-state index >= 15 is 0 Å². The average molecular weight is 299 g/mol. The van der Waals surface area contributed by atoms with Gasteiger partial charge in [-0.15, -0.1) is 0 Å². The van der Waals surface area contributed by atoms with Crippen LogP contribution in [0.4, 0.5) is 11.4 Å². The highest BCUT2D eigenvalue weighted by Crippen LogP contribution is 2.17. The molecule has 1 aromatic heterocycles. The third-order valence-corrected chi connectivity index (χ3v) is 3.35. The molecule has 0 radical (unpaired) electrons. The number of hydrogen-bond acceptors (Lipinski definition) is 4. The minimum atomic E-state index is -0.352. The van der Waals surface area contributed by atoms with E-state index in [4.69, 9.17) is 4.74 Å². The van der Waals surface area contributed by atoms with Crippen LogP contribution in [0.3, 0.4) is 0 Å². The Balaban J connectivity index is 2.06. The third-order valence-electron chi connectivity index (χ3n) is 3.35. The number of pyridine rings is 1. The Bertz CT molecular complexity index is 599. The van der Waals surface area contributed by atoms with Crippen molar-refractivity contribution in [2.24, 2.45) is 0 Å². The van der Waals surface area contributed by atoms with Crippen LogP contribution in [0, 0.1) is 0 Å². The van der Waals surface area contributed by atoms with Gasteiger partial charge >= 0.3 is 0 Å². The van der Waals surface area contributed by atoms with E-state index in [2.05, 4.69) is 10.3 Å². The maximum atomic E-state index is 12.6. The summed E-state index contributed by atoms with van der Waals surface area (Å²) in [6, 6.07) is 12.9. The molecule has 1 atom stereocenters. The van der Waals surface area contributed by atoms with Crippen molar-refractivity contribution in [3.63, 3.8) is 0 Å². The molecule has 1 amide bonds. The fraction of sp³-hybridized carbons (Fsp3) is 0.294. The number of carbonyl (C=O) groups excluding carboxylic acids is 1. The fourth-order valence-corrected chi connectivity index (χ4v) is 2.21. The van der Waals surface area contributed by atoms with Crippen molar-refractivity contribution < 1.29 is 9.53 Å². The maximum Gasteiger partial charge on any atom is 0.249 e. The number of nitrogens with one attached hydrogen (secondary N) is 1. The second-order valence-corrected chi connectivity index (χ2v) is 4.87. The number of carbonyl (C=O) groups is 1. The Kier molecular flexibility index (Phi) is 5.36.